The molecule has 3 rings (SSSR count). The number of nitrogens with zero attached hydrogens (tertiary/aromatic N) is 4. The molecule has 146 valence electrons. The number of hydrogen-bond acceptors (Lipinski definition) is 4. The number of ether oxygens (including phenoxy) is 1. The van der Waals surface area contributed by atoms with Gasteiger partial charge in [-0.2, -0.15) is 0 Å². The lowest BCUT2D eigenvalue weighted by Crippen LogP contribution is -2.54. The van der Waals surface area contributed by atoms with Crippen LogP contribution in [0.4, 0.5) is 0 Å². The zero-order chi connectivity index (χ0) is 18.6. The van der Waals surface area contributed by atoms with Crippen LogP contribution < -0.4 is 0 Å². The maximum atomic E-state index is 12.3. The zero-order valence-corrected chi connectivity index (χ0v) is 16.6. The summed E-state index contributed by atoms with van der Waals surface area (Å²) < 4.78 is 7.42. The highest BCUT2D eigenvalue weighted by atomic mass is 16.5. The van der Waals surface area contributed by atoms with Gasteiger partial charge in [0.15, 0.2) is 0 Å². The summed E-state index contributed by atoms with van der Waals surface area (Å²) in [4.78, 5) is 21.5. The number of piperidine rings is 2. The van der Waals surface area contributed by atoms with Gasteiger partial charge in [-0.25, -0.2) is 4.98 Å². The van der Waals surface area contributed by atoms with Gasteiger partial charge in [0, 0.05) is 63.6 Å². The molecule has 6 nitrogen and oxygen atoms in total. The van der Waals surface area contributed by atoms with E-state index < -0.39 is 0 Å². The maximum absolute atomic E-state index is 12.3. The molecule has 1 aromatic rings. The summed E-state index contributed by atoms with van der Waals surface area (Å²) in [6.07, 6.45) is 9.08. The second kappa shape index (κ2) is 8.53. The summed E-state index contributed by atoms with van der Waals surface area (Å²) in [6, 6.07) is 0.440. The molecule has 0 bridgehead atoms. The van der Waals surface area contributed by atoms with E-state index in [0.717, 1.165) is 58.0 Å². The molecule has 2 aliphatic rings. The Kier molecular flexibility index (Phi) is 6.35. The van der Waals surface area contributed by atoms with E-state index in [9.17, 15) is 4.79 Å². The second-order valence-electron chi connectivity index (χ2n) is 8.32. The van der Waals surface area contributed by atoms with Crippen LogP contribution in [0.2, 0.25) is 0 Å². The molecule has 26 heavy (non-hydrogen) atoms. The van der Waals surface area contributed by atoms with E-state index in [1.54, 1.807) is 7.11 Å². The standard InChI is InChI=1S/C20H34N4O2/c1-17(2)24-12-9-21-18(24)14-22-10-4-7-20(15-22)8-6-19(25)23(16-20)11-5-13-26-3/h9,12,17H,4-8,10-11,13-16H2,1-3H3/t20-/m0/s1. The monoisotopic (exact) mass is 362 g/mol. The summed E-state index contributed by atoms with van der Waals surface area (Å²) in [5.41, 5.74) is 0.258. The van der Waals surface area contributed by atoms with E-state index >= 15 is 0 Å². The van der Waals surface area contributed by atoms with Gasteiger partial charge in [-0.05, 0) is 46.1 Å². The topological polar surface area (TPSA) is 50.6 Å². The molecule has 0 aromatic carbocycles. The Morgan fingerprint density at radius 2 is 2.15 bits per heavy atom. The van der Waals surface area contributed by atoms with Gasteiger partial charge in [-0.15, -0.1) is 0 Å². The van der Waals surface area contributed by atoms with Crippen molar-refractivity contribution in [2.24, 2.45) is 5.41 Å². The second-order valence-corrected chi connectivity index (χ2v) is 8.32. The molecule has 0 N–H and O–H groups in total. The van der Waals surface area contributed by atoms with Crippen LogP contribution in [-0.2, 0) is 16.1 Å². The van der Waals surface area contributed by atoms with Crippen molar-refractivity contribution in [3.8, 4) is 0 Å². The number of methoxy groups -OCH3 is 1. The van der Waals surface area contributed by atoms with Crippen molar-refractivity contribution in [3.05, 3.63) is 18.2 Å². The van der Waals surface area contributed by atoms with E-state index in [1.165, 1.54) is 12.8 Å². The molecule has 0 aliphatic carbocycles. The van der Waals surface area contributed by atoms with E-state index in [2.05, 4.69) is 39.4 Å². The Balaban J connectivity index is 1.63. The molecule has 2 fully saturated rings. The number of amides is 1. The Hall–Kier alpha value is -1.40. The van der Waals surface area contributed by atoms with Gasteiger partial charge in [0.2, 0.25) is 5.91 Å². The van der Waals surface area contributed by atoms with E-state index in [4.69, 9.17) is 4.74 Å². The fraction of sp³-hybridized carbons (Fsp3) is 0.800. The molecule has 0 unspecified atom stereocenters. The molecule has 2 aliphatic heterocycles. The first-order chi connectivity index (χ1) is 12.5. The fourth-order valence-corrected chi connectivity index (χ4v) is 4.62. The van der Waals surface area contributed by atoms with Crippen molar-refractivity contribution in [1.82, 2.24) is 19.4 Å². The number of hydrogen-bond donors (Lipinski definition) is 0. The van der Waals surface area contributed by atoms with E-state index in [0.29, 0.717) is 18.4 Å². The minimum Gasteiger partial charge on any atom is -0.385 e. The first kappa shape index (κ1) is 19.4. The summed E-state index contributed by atoms with van der Waals surface area (Å²) >= 11 is 0. The molecule has 1 spiro atoms. The third-order valence-corrected chi connectivity index (χ3v) is 5.94. The first-order valence-electron chi connectivity index (χ1n) is 10.0. The highest BCUT2D eigenvalue weighted by molar-refractivity contribution is 5.77. The molecule has 1 atom stereocenters. The van der Waals surface area contributed by atoms with Crippen LogP contribution in [0.25, 0.3) is 0 Å². The van der Waals surface area contributed by atoms with Crippen LogP contribution in [-0.4, -0.2) is 65.2 Å². The maximum Gasteiger partial charge on any atom is 0.222 e. The third-order valence-electron chi connectivity index (χ3n) is 5.94. The van der Waals surface area contributed by atoms with Crippen molar-refractivity contribution in [2.45, 2.75) is 58.5 Å². The van der Waals surface area contributed by atoms with Gasteiger partial charge < -0.3 is 14.2 Å². The van der Waals surface area contributed by atoms with Gasteiger partial charge in [0.05, 0.1) is 6.54 Å². The molecule has 1 amide bonds. The van der Waals surface area contributed by atoms with Crippen LogP contribution in [0.5, 0.6) is 0 Å². The SMILES string of the molecule is COCCCN1C[C@@]2(CCCN(Cc3nccn3C(C)C)C2)CCC1=O. The largest absolute Gasteiger partial charge is 0.385 e. The minimum absolute atomic E-state index is 0.258. The lowest BCUT2D eigenvalue weighted by molar-refractivity contribution is -0.139. The molecule has 2 saturated heterocycles. The predicted octanol–water partition coefficient (Wildman–Crippen LogP) is 2.71. The normalized spacial score (nSPS) is 24.8. The van der Waals surface area contributed by atoms with Crippen LogP contribution >= 0.6 is 0 Å². The lowest BCUT2D eigenvalue weighted by atomic mass is 9.73. The molecule has 0 radical (unpaired) electrons. The van der Waals surface area contributed by atoms with Gasteiger partial charge in [0.1, 0.15) is 5.82 Å². The number of likely N-dealkylation sites (tertiary alicyclic amines) is 2. The molecule has 3 heterocycles. The van der Waals surface area contributed by atoms with Gasteiger partial charge in [-0.3, -0.25) is 9.69 Å². The van der Waals surface area contributed by atoms with E-state index in [-0.39, 0.29) is 5.41 Å². The number of imidazole rings is 1. The third kappa shape index (κ3) is 4.46. The quantitative estimate of drug-likeness (QED) is 0.700. The number of rotatable bonds is 7. The Morgan fingerprint density at radius 1 is 1.31 bits per heavy atom. The van der Waals surface area contributed by atoms with Crippen molar-refractivity contribution in [3.63, 3.8) is 0 Å². The smallest absolute Gasteiger partial charge is 0.222 e. The van der Waals surface area contributed by atoms with Crippen molar-refractivity contribution < 1.29 is 9.53 Å². The lowest BCUT2D eigenvalue weighted by Gasteiger charge is -2.48. The van der Waals surface area contributed by atoms with Crippen LogP contribution in [0.15, 0.2) is 12.4 Å². The van der Waals surface area contributed by atoms with E-state index in [1.807, 2.05) is 6.20 Å². The summed E-state index contributed by atoms with van der Waals surface area (Å²) in [5.74, 6) is 1.47. The van der Waals surface area contributed by atoms with Gasteiger partial charge >= 0.3 is 0 Å². The fourth-order valence-electron chi connectivity index (χ4n) is 4.62. The first-order valence-corrected chi connectivity index (χ1v) is 10.0. The molecule has 1 aromatic heterocycles. The average molecular weight is 363 g/mol. The molecular formula is C20H34N4O2. The Labute approximate surface area is 157 Å². The summed E-state index contributed by atoms with van der Waals surface area (Å²) in [6.45, 7) is 9.97. The molecular weight excluding hydrogens is 328 g/mol. The predicted molar refractivity (Wildman–Crippen MR) is 102 cm³/mol. The number of carbonyl (C=O) groups excluding carboxylic acids is 1. The van der Waals surface area contributed by atoms with Gasteiger partial charge in [-0.1, -0.05) is 0 Å². The van der Waals surface area contributed by atoms with Crippen LogP contribution in [0, 0.1) is 5.41 Å². The number of carbonyl (C=O) groups is 1. The average Bonchev–Trinajstić information content (AvgIpc) is 3.07. The van der Waals surface area contributed by atoms with Crippen LogP contribution in [0.3, 0.4) is 0 Å². The minimum atomic E-state index is 0.258. The molecule has 0 saturated carbocycles. The van der Waals surface area contributed by atoms with Crippen molar-refractivity contribution >= 4 is 5.91 Å². The number of aromatic nitrogens is 2. The van der Waals surface area contributed by atoms with Crippen molar-refractivity contribution in [2.75, 3.05) is 39.9 Å². The van der Waals surface area contributed by atoms with Crippen molar-refractivity contribution in [1.29, 1.82) is 0 Å². The summed E-state index contributed by atoms with van der Waals surface area (Å²) in [5, 5.41) is 0. The summed E-state index contributed by atoms with van der Waals surface area (Å²) in [7, 11) is 1.72. The zero-order valence-electron chi connectivity index (χ0n) is 16.6. The highest BCUT2D eigenvalue weighted by Crippen LogP contribution is 2.39. The Bertz CT molecular complexity index is 600. The molecule has 6 heteroatoms. The highest BCUT2D eigenvalue weighted by Gasteiger charge is 2.41. The Morgan fingerprint density at radius 3 is 2.92 bits per heavy atom. The van der Waals surface area contributed by atoms with Crippen LogP contribution in [0.1, 0.15) is 57.8 Å². The van der Waals surface area contributed by atoms with Gasteiger partial charge in [0.25, 0.3) is 0 Å².